The average Bonchev–Trinajstić information content (AvgIpc) is 3.35. The van der Waals surface area contributed by atoms with Crippen LogP contribution in [0.1, 0.15) is 5.01 Å². The van der Waals surface area contributed by atoms with Crippen molar-refractivity contribution in [3.8, 4) is 28.7 Å². The normalized spacial score (nSPS) is 15.9. The average molecular weight is 432 g/mol. The molecule has 0 amide bonds. The van der Waals surface area contributed by atoms with Gasteiger partial charge in [0, 0.05) is 24.0 Å². The number of methoxy groups -OCH3 is 2. The fraction of sp³-hybridized carbons (Fsp3) is 0.211. The molecule has 0 unspecified atom stereocenters. The molecule has 2 heterocycles. The Kier molecular flexibility index (Phi) is 5.20. The van der Waals surface area contributed by atoms with Crippen LogP contribution in [0, 0.1) is 0 Å². The van der Waals surface area contributed by atoms with Gasteiger partial charge in [0.25, 0.3) is 0 Å². The number of aliphatic carboxylic acids is 1. The number of aromatic hydroxyl groups is 1. The topological polar surface area (TPSA) is 110 Å². The number of hydrogen-bond acceptors (Lipinski definition) is 9. The molecule has 29 heavy (non-hydrogen) atoms. The van der Waals surface area contributed by atoms with Gasteiger partial charge in [0.15, 0.2) is 17.5 Å². The molecule has 3 aromatic rings. The molecule has 1 aromatic heterocycles. The van der Waals surface area contributed by atoms with Gasteiger partial charge in [0.2, 0.25) is 5.75 Å². The molecule has 2 N–H and O–H groups in total. The standard InChI is InChI=1S/C19H16N2O6S2/c1-25-13-5-10(6-14(26-2)16(13)22)27-9-3-4-11-15(7-9)29-18(20-11)17-21-12(8-28-17)19(23)24/h3-7,12,22H,8H2,1-2H3,(H,23,24)/t12-/m1/s1. The van der Waals surface area contributed by atoms with Gasteiger partial charge in [-0.1, -0.05) is 0 Å². The molecule has 0 spiro atoms. The molecule has 0 saturated heterocycles. The van der Waals surface area contributed by atoms with E-state index in [4.69, 9.17) is 19.3 Å². The van der Waals surface area contributed by atoms with Crippen LogP contribution >= 0.6 is 23.1 Å². The smallest absolute Gasteiger partial charge is 0.329 e. The highest BCUT2D eigenvalue weighted by atomic mass is 32.2. The van der Waals surface area contributed by atoms with Gasteiger partial charge in [0.1, 0.15) is 21.6 Å². The molecule has 4 rings (SSSR count). The van der Waals surface area contributed by atoms with E-state index in [2.05, 4.69) is 9.98 Å². The Labute approximate surface area is 173 Å². The minimum absolute atomic E-state index is 0.0978. The molecular weight excluding hydrogens is 416 g/mol. The van der Waals surface area contributed by atoms with Crippen LogP contribution in [0.4, 0.5) is 0 Å². The van der Waals surface area contributed by atoms with E-state index in [1.807, 2.05) is 12.1 Å². The van der Waals surface area contributed by atoms with E-state index in [9.17, 15) is 9.90 Å². The van der Waals surface area contributed by atoms with Gasteiger partial charge in [0.05, 0.1) is 24.4 Å². The van der Waals surface area contributed by atoms with E-state index in [1.165, 1.54) is 37.3 Å². The lowest BCUT2D eigenvalue weighted by atomic mass is 10.2. The largest absolute Gasteiger partial charge is 0.502 e. The number of nitrogens with zero attached hydrogens (tertiary/aromatic N) is 2. The zero-order valence-corrected chi connectivity index (χ0v) is 17.0. The van der Waals surface area contributed by atoms with Gasteiger partial charge < -0.3 is 24.4 Å². The Morgan fingerprint density at radius 2 is 1.86 bits per heavy atom. The number of phenolic OH excluding ortho intramolecular Hbond substituents is 1. The summed E-state index contributed by atoms with van der Waals surface area (Å²) in [4.78, 5) is 19.9. The minimum Gasteiger partial charge on any atom is -0.502 e. The number of carbonyl (C=O) groups is 1. The van der Waals surface area contributed by atoms with E-state index in [-0.39, 0.29) is 17.2 Å². The third kappa shape index (κ3) is 3.81. The van der Waals surface area contributed by atoms with Crippen molar-refractivity contribution in [2.24, 2.45) is 4.99 Å². The van der Waals surface area contributed by atoms with Crippen LogP contribution in [0.5, 0.6) is 28.7 Å². The molecule has 1 atom stereocenters. The number of phenols is 1. The number of thioether (sulfide) groups is 1. The number of aromatic nitrogens is 1. The number of hydrogen-bond donors (Lipinski definition) is 2. The Balaban J connectivity index is 1.62. The summed E-state index contributed by atoms with van der Waals surface area (Å²) < 4.78 is 17.1. The molecule has 1 aliphatic rings. The van der Waals surface area contributed by atoms with Crippen molar-refractivity contribution in [1.29, 1.82) is 0 Å². The quantitative estimate of drug-likeness (QED) is 0.606. The summed E-state index contributed by atoms with van der Waals surface area (Å²) in [5.74, 6) is 0.893. The lowest BCUT2D eigenvalue weighted by Gasteiger charge is -2.12. The van der Waals surface area contributed by atoms with Crippen LogP contribution in [0.2, 0.25) is 0 Å². The third-order valence-electron chi connectivity index (χ3n) is 4.17. The summed E-state index contributed by atoms with van der Waals surface area (Å²) in [6, 6.07) is 7.86. The van der Waals surface area contributed by atoms with Crippen molar-refractivity contribution in [2.45, 2.75) is 6.04 Å². The van der Waals surface area contributed by atoms with Crippen LogP contribution in [-0.2, 0) is 4.79 Å². The van der Waals surface area contributed by atoms with Crippen LogP contribution in [0.25, 0.3) is 10.2 Å². The van der Waals surface area contributed by atoms with Crippen molar-refractivity contribution in [1.82, 2.24) is 4.98 Å². The zero-order valence-electron chi connectivity index (χ0n) is 15.4. The Bertz CT molecular complexity index is 1100. The number of rotatable bonds is 6. The van der Waals surface area contributed by atoms with Crippen LogP contribution in [0.3, 0.4) is 0 Å². The molecule has 150 valence electrons. The predicted molar refractivity (Wildman–Crippen MR) is 111 cm³/mol. The second-order valence-electron chi connectivity index (χ2n) is 6.03. The van der Waals surface area contributed by atoms with Gasteiger partial charge >= 0.3 is 5.97 Å². The molecule has 10 heteroatoms. The van der Waals surface area contributed by atoms with Crippen LogP contribution in [0.15, 0.2) is 35.3 Å². The van der Waals surface area contributed by atoms with E-state index in [0.717, 1.165) is 10.2 Å². The SMILES string of the molecule is COc1cc(Oc2ccc3nc(C4=N[C@@H](C(=O)O)CS4)sc3c2)cc(OC)c1O. The monoisotopic (exact) mass is 432 g/mol. The number of aliphatic imine (C=N–C) groups is 1. The van der Waals surface area contributed by atoms with Gasteiger partial charge in [-0.15, -0.1) is 23.1 Å². The van der Waals surface area contributed by atoms with Gasteiger partial charge in [-0.05, 0) is 12.1 Å². The Morgan fingerprint density at radius 3 is 2.48 bits per heavy atom. The summed E-state index contributed by atoms with van der Waals surface area (Å²) >= 11 is 2.82. The first-order valence-electron chi connectivity index (χ1n) is 8.45. The highest BCUT2D eigenvalue weighted by Crippen LogP contribution is 2.41. The number of carboxylic acid groups (broad SMARTS) is 1. The number of benzene rings is 2. The summed E-state index contributed by atoms with van der Waals surface area (Å²) in [5, 5.41) is 20.5. The second kappa shape index (κ2) is 7.80. The molecule has 0 aliphatic carbocycles. The summed E-state index contributed by atoms with van der Waals surface area (Å²) in [6.07, 6.45) is 0. The molecule has 0 bridgehead atoms. The van der Waals surface area contributed by atoms with Crippen LogP contribution in [-0.4, -0.2) is 52.2 Å². The summed E-state index contributed by atoms with van der Waals surface area (Å²) in [5.41, 5.74) is 0.778. The number of fused-ring (bicyclic) bond motifs is 1. The zero-order chi connectivity index (χ0) is 20.5. The maximum Gasteiger partial charge on any atom is 0.329 e. The highest BCUT2D eigenvalue weighted by Gasteiger charge is 2.27. The molecule has 0 fully saturated rings. The molecular formula is C19H16N2O6S2. The molecule has 8 nitrogen and oxygen atoms in total. The van der Waals surface area contributed by atoms with Crippen molar-refractivity contribution in [3.63, 3.8) is 0 Å². The maximum atomic E-state index is 11.1. The Morgan fingerprint density at radius 1 is 1.14 bits per heavy atom. The fourth-order valence-corrected chi connectivity index (χ4v) is 4.83. The summed E-state index contributed by atoms with van der Waals surface area (Å²) in [7, 11) is 2.89. The lowest BCUT2D eigenvalue weighted by molar-refractivity contribution is -0.137. The van der Waals surface area contributed by atoms with Gasteiger partial charge in [-0.25, -0.2) is 9.78 Å². The Hall–Kier alpha value is -2.98. The van der Waals surface area contributed by atoms with Crippen molar-refractivity contribution in [2.75, 3.05) is 20.0 Å². The van der Waals surface area contributed by atoms with Crippen molar-refractivity contribution < 1.29 is 29.2 Å². The van der Waals surface area contributed by atoms with Gasteiger partial charge in [-0.3, -0.25) is 4.99 Å². The lowest BCUT2D eigenvalue weighted by Crippen LogP contribution is -2.17. The fourth-order valence-electron chi connectivity index (χ4n) is 2.74. The van der Waals surface area contributed by atoms with E-state index >= 15 is 0 Å². The summed E-state index contributed by atoms with van der Waals surface area (Å²) in [6.45, 7) is 0. The van der Waals surface area contributed by atoms with Crippen LogP contribution < -0.4 is 14.2 Å². The molecule has 0 radical (unpaired) electrons. The van der Waals surface area contributed by atoms with Crippen molar-refractivity contribution in [3.05, 3.63) is 35.3 Å². The predicted octanol–water partition coefficient (Wildman–Crippen LogP) is 3.76. The maximum absolute atomic E-state index is 11.1. The third-order valence-corrected chi connectivity index (χ3v) is 6.38. The highest BCUT2D eigenvalue weighted by molar-refractivity contribution is 8.15. The second-order valence-corrected chi connectivity index (χ2v) is 8.07. The number of thiazole rings is 1. The molecule has 2 aromatic carbocycles. The first kappa shape index (κ1) is 19.3. The number of carboxylic acids is 1. The first-order valence-corrected chi connectivity index (χ1v) is 10.3. The molecule has 1 aliphatic heterocycles. The van der Waals surface area contributed by atoms with E-state index in [0.29, 0.717) is 27.3 Å². The minimum atomic E-state index is -0.927. The number of ether oxygens (including phenoxy) is 3. The first-order chi connectivity index (χ1) is 14.0. The van der Waals surface area contributed by atoms with Gasteiger partial charge in [-0.2, -0.15) is 0 Å². The van der Waals surface area contributed by atoms with E-state index in [1.54, 1.807) is 18.2 Å². The molecule has 0 saturated carbocycles. The van der Waals surface area contributed by atoms with E-state index < -0.39 is 12.0 Å². The van der Waals surface area contributed by atoms with Crippen molar-refractivity contribution >= 4 is 44.3 Å².